The monoisotopic (exact) mass is 364 g/mol. The number of hydrogen-bond acceptors (Lipinski definition) is 4. The lowest BCUT2D eigenvalue weighted by Crippen LogP contribution is -2.24. The van der Waals surface area contributed by atoms with Crippen LogP contribution in [0.4, 0.5) is 0 Å². The third-order valence-corrected chi connectivity index (χ3v) is 4.42. The molecule has 1 amide bonds. The Hall–Kier alpha value is -3.08. The van der Waals surface area contributed by atoms with E-state index in [4.69, 9.17) is 9.26 Å². The largest absolute Gasteiger partial charge is 0.489 e. The van der Waals surface area contributed by atoms with Gasteiger partial charge in [-0.25, -0.2) is 0 Å². The highest BCUT2D eigenvalue weighted by molar-refractivity contribution is 5.78. The lowest BCUT2D eigenvalue weighted by molar-refractivity contribution is -0.120. The van der Waals surface area contributed by atoms with Crippen molar-refractivity contribution in [3.05, 3.63) is 82.2 Å². The van der Waals surface area contributed by atoms with Crippen LogP contribution in [0.25, 0.3) is 0 Å². The molecule has 0 radical (unpaired) electrons. The van der Waals surface area contributed by atoms with Gasteiger partial charge in [0.25, 0.3) is 0 Å². The predicted octanol–water partition coefficient (Wildman–Crippen LogP) is 4.04. The highest BCUT2D eigenvalue weighted by atomic mass is 16.5. The zero-order chi connectivity index (χ0) is 19.2. The maximum Gasteiger partial charge on any atom is 0.224 e. The Balaban J connectivity index is 1.49. The number of amides is 1. The molecule has 0 aliphatic carbocycles. The fourth-order valence-electron chi connectivity index (χ4n) is 2.84. The van der Waals surface area contributed by atoms with Gasteiger partial charge in [0.15, 0.2) is 0 Å². The fraction of sp³-hybridized carbons (Fsp3) is 0.273. The summed E-state index contributed by atoms with van der Waals surface area (Å²) in [5.41, 5.74) is 5.05. The average Bonchev–Trinajstić information content (AvgIpc) is 2.97. The van der Waals surface area contributed by atoms with Crippen LogP contribution in [0.5, 0.6) is 5.75 Å². The summed E-state index contributed by atoms with van der Waals surface area (Å²) in [6, 6.07) is 15.7. The van der Waals surface area contributed by atoms with Gasteiger partial charge >= 0.3 is 0 Å². The summed E-state index contributed by atoms with van der Waals surface area (Å²) in [7, 11) is 0. The Morgan fingerprint density at radius 3 is 2.52 bits per heavy atom. The topological polar surface area (TPSA) is 64.4 Å². The van der Waals surface area contributed by atoms with Crippen molar-refractivity contribution in [3.8, 4) is 5.75 Å². The molecule has 0 aliphatic rings. The van der Waals surface area contributed by atoms with Gasteiger partial charge in [-0.05, 0) is 44.0 Å². The van der Waals surface area contributed by atoms with E-state index in [0.29, 0.717) is 19.6 Å². The van der Waals surface area contributed by atoms with E-state index >= 15 is 0 Å². The van der Waals surface area contributed by atoms with Gasteiger partial charge in [0.1, 0.15) is 18.1 Å². The molecule has 3 aromatic rings. The van der Waals surface area contributed by atoms with Crippen LogP contribution in [0, 0.1) is 20.8 Å². The summed E-state index contributed by atoms with van der Waals surface area (Å²) < 4.78 is 10.9. The van der Waals surface area contributed by atoms with Crippen molar-refractivity contribution in [2.45, 2.75) is 40.3 Å². The number of hydrogen-bond donors (Lipinski definition) is 1. The molecule has 140 valence electrons. The van der Waals surface area contributed by atoms with E-state index in [-0.39, 0.29) is 5.91 Å². The Morgan fingerprint density at radius 2 is 1.85 bits per heavy atom. The van der Waals surface area contributed by atoms with Crippen molar-refractivity contribution >= 4 is 5.91 Å². The van der Waals surface area contributed by atoms with Gasteiger partial charge < -0.3 is 14.6 Å². The van der Waals surface area contributed by atoms with Crippen molar-refractivity contribution in [2.24, 2.45) is 0 Å². The molecule has 0 bridgehead atoms. The van der Waals surface area contributed by atoms with Crippen LogP contribution in [-0.2, 0) is 24.4 Å². The van der Waals surface area contributed by atoms with Gasteiger partial charge in [0.2, 0.25) is 5.91 Å². The molecule has 3 rings (SSSR count). The zero-order valence-corrected chi connectivity index (χ0v) is 15.9. The average molecular weight is 364 g/mol. The summed E-state index contributed by atoms with van der Waals surface area (Å²) in [4.78, 5) is 12.2. The van der Waals surface area contributed by atoms with Crippen LogP contribution in [0.15, 0.2) is 53.1 Å². The Morgan fingerprint density at radius 1 is 1.07 bits per heavy atom. The van der Waals surface area contributed by atoms with Crippen LogP contribution >= 0.6 is 0 Å². The minimum Gasteiger partial charge on any atom is -0.489 e. The number of aromatic nitrogens is 1. The molecule has 1 heterocycles. The van der Waals surface area contributed by atoms with Crippen LogP contribution < -0.4 is 10.1 Å². The van der Waals surface area contributed by atoms with Gasteiger partial charge in [-0.2, -0.15) is 0 Å². The summed E-state index contributed by atoms with van der Waals surface area (Å²) in [5, 5.41) is 6.88. The van der Waals surface area contributed by atoms with Gasteiger partial charge in [0, 0.05) is 6.54 Å². The normalized spacial score (nSPS) is 10.6. The number of nitrogens with one attached hydrogen (secondary N) is 1. The molecule has 0 spiro atoms. The Bertz CT molecular complexity index is 894. The zero-order valence-electron chi connectivity index (χ0n) is 15.9. The molecule has 2 aromatic carbocycles. The SMILES string of the molecule is Cc1cccc(CNC(=O)Cc2ccc(OCc3c(C)noc3C)cc2)c1. The molecule has 0 fully saturated rings. The van der Waals surface area contributed by atoms with Crippen molar-refractivity contribution in [1.29, 1.82) is 0 Å². The number of rotatable bonds is 7. The molecule has 0 atom stereocenters. The van der Waals surface area contributed by atoms with E-state index in [1.165, 1.54) is 5.56 Å². The highest BCUT2D eigenvalue weighted by Gasteiger charge is 2.10. The lowest BCUT2D eigenvalue weighted by atomic mass is 10.1. The maximum atomic E-state index is 12.2. The third kappa shape index (κ3) is 5.20. The molecule has 0 saturated carbocycles. The smallest absolute Gasteiger partial charge is 0.224 e. The molecule has 5 nitrogen and oxygen atoms in total. The number of nitrogens with zero attached hydrogens (tertiary/aromatic N) is 1. The van der Waals surface area contributed by atoms with E-state index in [1.807, 2.05) is 63.2 Å². The van der Waals surface area contributed by atoms with Gasteiger partial charge in [-0.3, -0.25) is 4.79 Å². The van der Waals surface area contributed by atoms with Crippen molar-refractivity contribution < 1.29 is 14.1 Å². The molecule has 5 heteroatoms. The number of ether oxygens (including phenoxy) is 1. The summed E-state index contributed by atoms with van der Waals surface area (Å²) in [6.07, 6.45) is 0.343. The van der Waals surface area contributed by atoms with E-state index in [0.717, 1.165) is 33.9 Å². The number of benzene rings is 2. The molecular weight excluding hydrogens is 340 g/mol. The van der Waals surface area contributed by atoms with Crippen LogP contribution in [0.2, 0.25) is 0 Å². The summed E-state index contributed by atoms with van der Waals surface area (Å²) in [5.74, 6) is 1.52. The van der Waals surface area contributed by atoms with Crippen molar-refractivity contribution in [3.63, 3.8) is 0 Å². The van der Waals surface area contributed by atoms with Crippen LogP contribution in [-0.4, -0.2) is 11.1 Å². The highest BCUT2D eigenvalue weighted by Crippen LogP contribution is 2.18. The quantitative estimate of drug-likeness (QED) is 0.687. The first kappa shape index (κ1) is 18.7. The summed E-state index contributed by atoms with van der Waals surface area (Å²) >= 11 is 0. The second-order valence-electron chi connectivity index (χ2n) is 6.68. The Kier molecular flexibility index (Phi) is 5.91. The number of carbonyl (C=O) groups is 1. The van der Waals surface area contributed by atoms with E-state index < -0.39 is 0 Å². The van der Waals surface area contributed by atoms with Gasteiger partial charge in [-0.1, -0.05) is 47.1 Å². The minimum atomic E-state index is 0.000829. The molecule has 27 heavy (non-hydrogen) atoms. The van der Waals surface area contributed by atoms with Gasteiger partial charge in [0.05, 0.1) is 17.7 Å². The van der Waals surface area contributed by atoms with E-state index in [9.17, 15) is 4.79 Å². The van der Waals surface area contributed by atoms with Crippen molar-refractivity contribution in [1.82, 2.24) is 10.5 Å². The standard InChI is InChI=1S/C22H24N2O3/c1-15-5-4-6-19(11-15)13-23-22(25)12-18-7-9-20(10-8-18)26-14-21-16(2)24-27-17(21)3/h4-11H,12-14H2,1-3H3,(H,23,25). The van der Waals surface area contributed by atoms with E-state index in [1.54, 1.807) is 0 Å². The second-order valence-corrected chi connectivity index (χ2v) is 6.68. The minimum absolute atomic E-state index is 0.000829. The summed E-state index contributed by atoms with van der Waals surface area (Å²) in [6.45, 7) is 6.77. The molecule has 0 saturated heterocycles. The first-order valence-corrected chi connectivity index (χ1v) is 8.97. The first-order chi connectivity index (χ1) is 13.0. The Labute approximate surface area is 159 Å². The van der Waals surface area contributed by atoms with E-state index in [2.05, 4.69) is 16.5 Å². The maximum absolute atomic E-state index is 12.2. The first-order valence-electron chi connectivity index (χ1n) is 8.97. The lowest BCUT2D eigenvalue weighted by Gasteiger charge is -2.08. The second kappa shape index (κ2) is 8.54. The van der Waals surface area contributed by atoms with Gasteiger partial charge in [-0.15, -0.1) is 0 Å². The fourth-order valence-corrected chi connectivity index (χ4v) is 2.84. The molecule has 0 aliphatic heterocycles. The number of carbonyl (C=O) groups excluding carboxylic acids is 1. The third-order valence-electron chi connectivity index (χ3n) is 4.42. The molecule has 1 N–H and O–H groups in total. The van der Waals surface area contributed by atoms with Crippen LogP contribution in [0.1, 0.15) is 33.7 Å². The molecule has 0 unspecified atom stereocenters. The van der Waals surface area contributed by atoms with Crippen LogP contribution in [0.3, 0.4) is 0 Å². The van der Waals surface area contributed by atoms with Crippen molar-refractivity contribution in [2.75, 3.05) is 0 Å². The molecular formula is C22H24N2O3. The predicted molar refractivity (Wildman–Crippen MR) is 103 cm³/mol. The number of aryl methyl sites for hydroxylation is 3. The molecule has 1 aromatic heterocycles.